The van der Waals surface area contributed by atoms with E-state index in [2.05, 4.69) is 32.5 Å². The van der Waals surface area contributed by atoms with E-state index in [0.717, 1.165) is 41.5 Å². The number of imidazole rings is 1. The number of aryl methyl sites for hydroxylation is 1. The maximum absolute atomic E-state index is 5.32. The molecule has 0 bridgehead atoms. The number of benzene rings is 1. The summed E-state index contributed by atoms with van der Waals surface area (Å²) < 4.78 is 12.5. The van der Waals surface area contributed by atoms with Gasteiger partial charge in [-0.2, -0.15) is 0 Å². The third kappa shape index (κ3) is 6.00. The lowest BCUT2D eigenvalue weighted by molar-refractivity contribution is 0.393. The second-order valence-electron chi connectivity index (χ2n) is 6.90. The number of aromatic nitrogens is 4. The van der Waals surface area contributed by atoms with Crippen molar-refractivity contribution in [3.63, 3.8) is 0 Å². The molecule has 154 valence electrons. The first-order valence-corrected chi connectivity index (χ1v) is 9.56. The Kier molecular flexibility index (Phi) is 7.15. The Balaban J connectivity index is 1.50. The predicted octanol–water partition coefficient (Wildman–Crippen LogP) is 2.26. The van der Waals surface area contributed by atoms with Crippen LogP contribution in [0.15, 0.2) is 43.0 Å². The van der Waals surface area contributed by atoms with E-state index in [-0.39, 0.29) is 6.04 Å². The van der Waals surface area contributed by atoms with Crippen molar-refractivity contribution < 1.29 is 9.47 Å². The lowest BCUT2D eigenvalue weighted by Gasteiger charge is -2.16. The fraction of sp³-hybridized carbons (Fsp3) is 0.381. The summed E-state index contributed by atoms with van der Waals surface area (Å²) in [6.07, 6.45) is 5.26. The molecule has 1 unspecified atom stereocenters. The van der Waals surface area contributed by atoms with E-state index >= 15 is 0 Å². The van der Waals surface area contributed by atoms with Gasteiger partial charge in [-0.15, -0.1) is 0 Å². The highest BCUT2D eigenvalue weighted by molar-refractivity contribution is 5.38. The molecule has 0 aliphatic carbocycles. The number of nitrogens with zero attached hydrogens (tertiary/aromatic N) is 4. The fourth-order valence-electron chi connectivity index (χ4n) is 2.95. The summed E-state index contributed by atoms with van der Waals surface area (Å²) in [5, 5.41) is 6.97. The molecule has 8 nitrogen and oxygen atoms in total. The van der Waals surface area contributed by atoms with Crippen LogP contribution in [0.1, 0.15) is 23.9 Å². The van der Waals surface area contributed by atoms with E-state index in [0.29, 0.717) is 12.5 Å². The Labute approximate surface area is 171 Å². The van der Waals surface area contributed by atoms with Gasteiger partial charge in [-0.05, 0) is 37.6 Å². The van der Waals surface area contributed by atoms with Gasteiger partial charge in [-0.3, -0.25) is 4.57 Å². The molecule has 3 rings (SSSR count). The molecule has 1 aromatic carbocycles. The highest BCUT2D eigenvalue weighted by Crippen LogP contribution is 2.22. The summed E-state index contributed by atoms with van der Waals surface area (Å²) >= 11 is 0. The average Bonchev–Trinajstić information content (AvgIpc) is 3.26. The van der Waals surface area contributed by atoms with Gasteiger partial charge in [0, 0.05) is 49.8 Å². The molecule has 0 fully saturated rings. The van der Waals surface area contributed by atoms with Crippen molar-refractivity contribution in [2.45, 2.75) is 33.0 Å². The van der Waals surface area contributed by atoms with Gasteiger partial charge in [0.15, 0.2) is 0 Å². The summed E-state index contributed by atoms with van der Waals surface area (Å²) in [6.45, 7) is 6.33. The summed E-state index contributed by atoms with van der Waals surface area (Å²) in [5.74, 6) is 2.22. The van der Waals surface area contributed by atoms with Gasteiger partial charge < -0.3 is 20.1 Å². The second-order valence-corrected chi connectivity index (χ2v) is 6.90. The second kappa shape index (κ2) is 9.99. The SMILES string of the molecule is COc1cc(CNCC(C)NCc2cc(C)nc(-n3ccnc3)n2)cc(OC)c1. The molecule has 1 atom stereocenters. The van der Waals surface area contributed by atoms with E-state index in [4.69, 9.17) is 9.47 Å². The molecule has 2 aromatic heterocycles. The van der Waals surface area contributed by atoms with Crippen molar-refractivity contribution in [3.05, 3.63) is 59.9 Å². The minimum absolute atomic E-state index is 0.273. The van der Waals surface area contributed by atoms with E-state index in [1.54, 1.807) is 26.7 Å². The Bertz CT molecular complexity index is 891. The number of nitrogens with one attached hydrogen (secondary N) is 2. The van der Waals surface area contributed by atoms with Gasteiger partial charge in [0.25, 0.3) is 0 Å². The van der Waals surface area contributed by atoms with Gasteiger partial charge >= 0.3 is 0 Å². The molecule has 0 amide bonds. The van der Waals surface area contributed by atoms with Crippen LogP contribution >= 0.6 is 0 Å². The van der Waals surface area contributed by atoms with Gasteiger partial charge in [0.1, 0.15) is 17.8 Å². The third-order valence-electron chi connectivity index (χ3n) is 4.45. The van der Waals surface area contributed by atoms with Gasteiger partial charge in [-0.25, -0.2) is 15.0 Å². The number of methoxy groups -OCH3 is 2. The molecule has 2 N–H and O–H groups in total. The quantitative estimate of drug-likeness (QED) is 0.544. The predicted molar refractivity (Wildman–Crippen MR) is 111 cm³/mol. The first kappa shape index (κ1) is 20.8. The molecule has 8 heteroatoms. The number of hydrogen-bond acceptors (Lipinski definition) is 7. The van der Waals surface area contributed by atoms with Crippen LogP contribution in [-0.4, -0.2) is 46.3 Å². The minimum Gasteiger partial charge on any atom is -0.497 e. The van der Waals surface area contributed by atoms with E-state index in [1.165, 1.54) is 0 Å². The van der Waals surface area contributed by atoms with E-state index in [9.17, 15) is 0 Å². The van der Waals surface area contributed by atoms with Gasteiger partial charge in [-0.1, -0.05) is 0 Å². The number of rotatable bonds is 10. The maximum atomic E-state index is 5.32. The molecule has 0 saturated heterocycles. The van der Waals surface area contributed by atoms with Crippen molar-refractivity contribution in [2.24, 2.45) is 0 Å². The first-order chi connectivity index (χ1) is 14.1. The number of ether oxygens (including phenoxy) is 2. The monoisotopic (exact) mass is 396 g/mol. The van der Waals surface area contributed by atoms with Crippen LogP contribution in [0.25, 0.3) is 5.95 Å². The van der Waals surface area contributed by atoms with Crippen LogP contribution in [0.4, 0.5) is 0 Å². The molecule has 0 radical (unpaired) electrons. The molecular formula is C21H28N6O2. The lowest BCUT2D eigenvalue weighted by atomic mass is 10.2. The molecule has 3 aromatic rings. The van der Waals surface area contributed by atoms with Crippen LogP contribution in [0, 0.1) is 6.92 Å². The highest BCUT2D eigenvalue weighted by atomic mass is 16.5. The maximum Gasteiger partial charge on any atom is 0.235 e. The third-order valence-corrected chi connectivity index (χ3v) is 4.45. The van der Waals surface area contributed by atoms with Crippen LogP contribution in [0.3, 0.4) is 0 Å². The fourth-order valence-corrected chi connectivity index (χ4v) is 2.95. The van der Waals surface area contributed by atoms with Crippen LogP contribution in [-0.2, 0) is 13.1 Å². The number of hydrogen-bond donors (Lipinski definition) is 2. The Morgan fingerprint density at radius 3 is 2.45 bits per heavy atom. The van der Waals surface area contributed by atoms with Crippen molar-refractivity contribution in [1.29, 1.82) is 0 Å². The van der Waals surface area contributed by atoms with E-state index < -0.39 is 0 Å². The summed E-state index contributed by atoms with van der Waals surface area (Å²) in [6, 6.07) is 8.16. The Morgan fingerprint density at radius 1 is 1.03 bits per heavy atom. The molecule has 0 spiro atoms. The average molecular weight is 396 g/mol. The first-order valence-electron chi connectivity index (χ1n) is 9.56. The zero-order valence-electron chi connectivity index (χ0n) is 17.3. The smallest absolute Gasteiger partial charge is 0.235 e. The molecule has 2 heterocycles. The van der Waals surface area contributed by atoms with E-state index in [1.807, 2.05) is 42.0 Å². The topological polar surface area (TPSA) is 86.1 Å². The van der Waals surface area contributed by atoms with Gasteiger partial charge in [0.2, 0.25) is 5.95 Å². The molecule has 29 heavy (non-hydrogen) atoms. The molecule has 0 aliphatic rings. The Hall–Kier alpha value is -2.97. The van der Waals surface area contributed by atoms with Crippen molar-refractivity contribution >= 4 is 0 Å². The normalized spacial score (nSPS) is 12.0. The highest BCUT2D eigenvalue weighted by Gasteiger charge is 2.07. The van der Waals surface area contributed by atoms with Crippen molar-refractivity contribution in [1.82, 2.24) is 30.2 Å². The van der Waals surface area contributed by atoms with Crippen LogP contribution < -0.4 is 20.1 Å². The zero-order valence-corrected chi connectivity index (χ0v) is 17.3. The van der Waals surface area contributed by atoms with Crippen LogP contribution in [0.2, 0.25) is 0 Å². The van der Waals surface area contributed by atoms with Crippen molar-refractivity contribution in [2.75, 3.05) is 20.8 Å². The minimum atomic E-state index is 0.273. The largest absolute Gasteiger partial charge is 0.497 e. The van der Waals surface area contributed by atoms with Crippen molar-refractivity contribution in [3.8, 4) is 17.4 Å². The molecule has 0 saturated carbocycles. The lowest BCUT2D eigenvalue weighted by Crippen LogP contribution is -2.36. The molecular weight excluding hydrogens is 368 g/mol. The summed E-state index contributed by atoms with van der Waals surface area (Å²) in [5.41, 5.74) is 2.99. The standard InChI is InChI=1S/C21H28N6O2/c1-15-7-18(26-21(25-15)27-6-5-22-14-27)13-24-16(2)11-23-12-17-8-19(28-3)10-20(9-17)29-4/h5-10,14,16,23-24H,11-13H2,1-4H3. The molecule has 0 aliphatic heterocycles. The summed E-state index contributed by atoms with van der Waals surface area (Å²) in [4.78, 5) is 13.1. The van der Waals surface area contributed by atoms with Crippen LogP contribution in [0.5, 0.6) is 11.5 Å². The van der Waals surface area contributed by atoms with Gasteiger partial charge in [0.05, 0.1) is 19.9 Å². The Morgan fingerprint density at radius 2 is 1.79 bits per heavy atom. The summed E-state index contributed by atoms with van der Waals surface area (Å²) in [7, 11) is 3.32. The zero-order chi connectivity index (χ0) is 20.6.